The summed E-state index contributed by atoms with van der Waals surface area (Å²) < 4.78 is 1.34. The van der Waals surface area contributed by atoms with Crippen molar-refractivity contribution < 1.29 is 19.8 Å². The minimum absolute atomic E-state index is 0.0520. The van der Waals surface area contributed by atoms with Gasteiger partial charge in [-0.3, -0.25) is 4.79 Å². The Hall–Kier alpha value is -2.97. The SMILES string of the molecule is C[C@@]1(C(=O)O)CCCN1C(=O)c1ccc(-n2cnnn2)cc1O. The highest BCUT2D eigenvalue weighted by molar-refractivity contribution is 6.00. The lowest BCUT2D eigenvalue weighted by atomic mass is 9.98. The van der Waals surface area contributed by atoms with Crippen molar-refractivity contribution in [1.29, 1.82) is 0 Å². The molecule has 23 heavy (non-hydrogen) atoms. The third-order valence-corrected chi connectivity index (χ3v) is 4.17. The van der Waals surface area contributed by atoms with E-state index in [1.54, 1.807) is 6.07 Å². The van der Waals surface area contributed by atoms with E-state index in [2.05, 4.69) is 15.5 Å². The first-order valence-corrected chi connectivity index (χ1v) is 7.05. The van der Waals surface area contributed by atoms with Crippen molar-refractivity contribution in [3.8, 4) is 11.4 Å². The summed E-state index contributed by atoms with van der Waals surface area (Å²) in [6.45, 7) is 1.86. The molecule has 1 aromatic heterocycles. The summed E-state index contributed by atoms with van der Waals surface area (Å²) in [5, 5.41) is 30.2. The molecule has 120 valence electrons. The highest BCUT2D eigenvalue weighted by Gasteiger charge is 2.46. The van der Waals surface area contributed by atoms with Crippen molar-refractivity contribution in [3.63, 3.8) is 0 Å². The van der Waals surface area contributed by atoms with Gasteiger partial charge in [0.25, 0.3) is 5.91 Å². The number of rotatable bonds is 3. The van der Waals surface area contributed by atoms with Crippen molar-refractivity contribution >= 4 is 11.9 Å². The standard InChI is InChI=1S/C14H15N5O4/c1-14(13(22)23)5-2-6-18(14)12(21)10-4-3-9(7-11(10)20)19-8-15-16-17-19/h3-4,7-8,20H,2,5-6H2,1H3,(H,22,23)/t14-/m0/s1. The van der Waals surface area contributed by atoms with E-state index < -0.39 is 17.4 Å². The van der Waals surface area contributed by atoms with E-state index >= 15 is 0 Å². The number of carbonyl (C=O) groups excluding carboxylic acids is 1. The number of likely N-dealkylation sites (tertiary alicyclic amines) is 1. The normalized spacial score (nSPS) is 20.7. The number of benzene rings is 1. The Morgan fingerprint density at radius 1 is 1.35 bits per heavy atom. The maximum absolute atomic E-state index is 12.6. The number of carboxylic acids is 1. The van der Waals surface area contributed by atoms with Crippen LogP contribution in [0.25, 0.3) is 5.69 Å². The molecule has 1 aromatic carbocycles. The Balaban J connectivity index is 1.93. The molecule has 1 fully saturated rings. The molecule has 0 aliphatic carbocycles. The Morgan fingerprint density at radius 3 is 2.74 bits per heavy atom. The van der Waals surface area contributed by atoms with Crippen LogP contribution in [0.4, 0.5) is 0 Å². The van der Waals surface area contributed by atoms with Crippen molar-refractivity contribution in [1.82, 2.24) is 25.1 Å². The quantitative estimate of drug-likeness (QED) is 0.842. The predicted octanol–water partition coefficient (Wildman–Crippen LogP) is 0.447. The van der Waals surface area contributed by atoms with Crippen molar-refractivity contribution in [2.75, 3.05) is 6.54 Å². The van der Waals surface area contributed by atoms with Crippen molar-refractivity contribution in [2.24, 2.45) is 0 Å². The summed E-state index contributed by atoms with van der Waals surface area (Å²) in [6.07, 6.45) is 2.35. The van der Waals surface area contributed by atoms with Crippen molar-refractivity contribution in [3.05, 3.63) is 30.1 Å². The van der Waals surface area contributed by atoms with Gasteiger partial charge in [0, 0.05) is 12.6 Å². The van der Waals surface area contributed by atoms with E-state index in [4.69, 9.17) is 0 Å². The molecule has 2 aromatic rings. The van der Waals surface area contributed by atoms with Gasteiger partial charge in [0.2, 0.25) is 0 Å². The second-order valence-electron chi connectivity index (χ2n) is 5.60. The number of carbonyl (C=O) groups is 2. The number of nitrogens with zero attached hydrogens (tertiary/aromatic N) is 5. The third kappa shape index (κ3) is 2.39. The Kier molecular flexibility index (Phi) is 3.47. The highest BCUT2D eigenvalue weighted by Crippen LogP contribution is 2.32. The van der Waals surface area contributed by atoms with Crippen molar-refractivity contribution in [2.45, 2.75) is 25.3 Å². The number of phenols is 1. The summed E-state index contributed by atoms with van der Waals surface area (Å²) in [4.78, 5) is 25.4. The number of tetrazole rings is 1. The van der Waals surface area contributed by atoms with E-state index in [0.717, 1.165) is 0 Å². The van der Waals surface area contributed by atoms with E-state index in [1.165, 1.54) is 35.0 Å². The molecule has 9 heteroatoms. The summed E-state index contributed by atoms with van der Waals surface area (Å²) in [5.74, 6) is -1.80. The molecule has 1 amide bonds. The van der Waals surface area contributed by atoms with Gasteiger partial charge in [-0.1, -0.05) is 0 Å². The zero-order valence-corrected chi connectivity index (χ0v) is 12.4. The first kappa shape index (κ1) is 14.9. The van der Waals surface area contributed by atoms with Gasteiger partial charge < -0.3 is 15.1 Å². The number of aromatic nitrogens is 4. The largest absolute Gasteiger partial charge is 0.507 e. The minimum Gasteiger partial charge on any atom is -0.507 e. The summed E-state index contributed by atoms with van der Waals surface area (Å²) in [6, 6.07) is 4.38. The average Bonchev–Trinajstić information content (AvgIpc) is 3.16. The molecule has 2 heterocycles. The van der Waals surface area contributed by atoms with Crippen LogP contribution in [0.5, 0.6) is 5.75 Å². The van der Waals surface area contributed by atoms with Crippen LogP contribution in [0.3, 0.4) is 0 Å². The predicted molar refractivity (Wildman–Crippen MR) is 77.1 cm³/mol. The van der Waals surface area contributed by atoms with Crippen LogP contribution in [-0.4, -0.2) is 59.3 Å². The van der Waals surface area contributed by atoms with Crippen LogP contribution in [-0.2, 0) is 4.79 Å². The molecule has 0 spiro atoms. The van der Waals surface area contributed by atoms with Gasteiger partial charge in [-0.2, -0.15) is 0 Å². The van der Waals surface area contributed by atoms with Crippen LogP contribution in [0.2, 0.25) is 0 Å². The van der Waals surface area contributed by atoms with E-state index in [0.29, 0.717) is 25.1 Å². The molecule has 1 saturated heterocycles. The molecule has 0 radical (unpaired) electrons. The minimum atomic E-state index is -1.25. The van der Waals surface area contributed by atoms with Gasteiger partial charge in [-0.05, 0) is 42.3 Å². The fourth-order valence-electron chi connectivity index (χ4n) is 2.78. The van der Waals surface area contributed by atoms with Gasteiger partial charge in [0.1, 0.15) is 17.6 Å². The third-order valence-electron chi connectivity index (χ3n) is 4.17. The second kappa shape index (κ2) is 5.34. The molecule has 0 bridgehead atoms. The maximum atomic E-state index is 12.6. The monoisotopic (exact) mass is 317 g/mol. The smallest absolute Gasteiger partial charge is 0.329 e. The molecule has 2 N–H and O–H groups in total. The first-order valence-electron chi connectivity index (χ1n) is 7.05. The van der Waals surface area contributed by atoms with Gasteiger partial charge in [-0.15, -0.1) is 5.10 Å². The number of hydrogen-bond acceptors (Lipinski definition) is 6. The fraction of sp³-hybridized carbons (Fsp3) is 0.357. The number of aromatic hydroxyl groups is 1. The van der Waals surface area contributed by atoms with Gasteiger partial charge in [0.05, 0.1) is 11.3 Å². The maximum Gasteiger partial charge on any atom is 0.329 e. The molecule has 0 saturated carbocycles. The molecular weight excluding hydrogens is 302 g/mol. The second-order valence-corrected chi connectivity index (χ2v) is 5.60. The number of carboxylic acid groups (broad SMARTS) is 1. The molecule has 0 unspecified atom stereocenters. The number of phenolic OH excluding ortho intramolecular Hbond substituents is 1. The van der Waals surface area contributed by atoms with Gasteiger partial charge >= 0.3 is 5.97 Å². The number of amides is 1. The zero-order valence-electron chi connectivity index (χ0n) is 12.4. The van der Waals surface area contributed by atoms with E-state index in [9.17, 15) is 19.8 Å². The van der Waals surface area contributed by atoms with Crippen LogP contribution >= 0.6 is 0 Å². The topological polar surface area (TPSA) is 121 Å². The Morgan fingerprint density at radius 2 is 2.13 bits per heavy atom. The van der Waals surface area contributed by atoms with Crippen LogP contribution in [0.15, 0.2) is 24.5 Å². The van der Waals surface area contributed by atoms with E-state index in [-0.39, 0.29) is 11.3 Å². The molecule has 3 rings (SSSR count). The van der Waals surface area contributed by atoms with E-state index in [1.807, 2.05) is 0 Å². The lowest BCUT2D eigenvalue weighted by molar-refractivity contribution is -0.147. The lowest BCUT2D eigenvalue weighted by Gasteiger charge is -2.31. The molecule has 1 atom stereocenters. The fourth-order valence-corrected chi connectivity index (χ4v) is 2.78. The highest BCUT2D eigenvalue weighted by atomic mass is 16.4. The van der Waals surface area contributed by atoms with Gasteiger partial charge in [-0.25, -0.2) is 9.48 Å². The summed E-state index contributed by atoms with van der Waals surface area (Å²) in [5.41, 5.74) is -0.708. The first-order chi connectivity index (χ1) is 10.9. The van der Waals surface area contributed by atoms with Crippen LogP contribution in [0, 0.1) is 0 Å². The number of hydrogen-bond donors (Lipinski definition) is 2. The Bertz CT molecular complexity index is 761. The average molecular weight is 317 g/mol. The van der Waals surface area contributed by atoms with Gasteiger partial charge in [0.15, 0.2) is 0 Å². The molecule has 1 aliphatic rings. The molecule has 9 nitrogen and oxygen atoms in total. The number of aliphatic carboxylic acids is 1. The van der Waals surface area contributed by atoms with Crippen LogP contribution < -0.4 is 0 Å². The lowest BCUT2D eigenvalue weighted by Crippen LogP contribution is -2.50. The summed E-state index contributed by atoms with van der Waals surface area (Å²) in [7, 11) is 0. The van der Waals surface area contributed by atoms with Crippen LogP contribution in [0.1, 0.15) is 30.1 Å². The molecular formula is C14H15N5O4. The Labute approximate surface area is 131 Å². The summed E-state index contributed by atoms with van der Waals surface area (Å²) >= 11 is 0. The zero-order chi connectivity index (χ0) is 16.6. The molecule has 1 aliphatic heterocycles.